The fourth-order valence-electron chi connectivity index (χ4n) is 1.40. The summed E-state index contributed by atoms with van der Waals surface area (Å²) in [7, 11) is 0. The molecule has 1 aromatic carbocycles. The SMILES string of the molecule is CCC(F)CCc1cccc(C)c1. The molecule has 0 fully saturated rings. The van der Waals surface area contributed by atoms with Gasteiger partial charge in [-0.2, -0.15) is 0 Å². The molecule has 1 rings (SSSR count). The van der Waals surface area contributed by atoms with Crippen LogP contribution in [-0.4, -0.2) is 6.17 Å². The van der Waals surface area contributed by atoms with Crippen molar-refractivity contribution in [3.8, 4) is 0 Å². The Morgan fingerprint density at radius 3 is 2.77 bits per heavy atom. The monoisotopic (exact) mass is 180 g/mol. The summed E-state index contributed by atoms with van der Waals surface area (Å²) in [6, 6.07) is 8.29. The van der Waals surface area contributed by atoms with Gasteiger partial charge in [0.1, 0.15) is 6.17 Å². The van der Waals surface area contributed by atoms with Crippen molar-refractivity contribution in [2.75, 3.05) is 0 Å². The molecule has 0 saturated heterocycles. The largest absolute Gasteiger partial charge is 0.247 e. The fraction of sp³-hybridized carbons (Fsp3) is 0.500. The lowest BCUT2D eigenvalue weighted by atomic mass is 10.0. The van der Waals surface area contributed by atoms with Crippen LogP contribution in [0.1, 0.15) is 30.9 Å². The zero-order valence-electron chi connectivity index (χ0n) is 8.39. The highest BCUT2D eigenvalue weighted by atomic mass is 19.1. The Morgan fingerprint density at radius 1 is 1.38 bits per heavy atom. The molecule has 0 aliphatic carbocycles. The summed E-state index contributed by atoms with van der Waals surface area (Å²) in [5.41, 5.74) is 2.50. The van der Waals surface area contributed by atoms with Crippen molar-refractivity contribution >= 4 is 0 Å². The van der Waals surface area contributed by atoms with Gasteiger partial charge in [0.25, 0.3) is 0 Å². The van der Waals surface area contributed by atoms with Crippen LogP contribution in [0.2, 0.25) is 0 Å². The van der Waals surface area contributed by atoms with Crippen LogP contribution in [0.15, 0.2) is 24.3 Å². The first kappa shape index (κ1) is 10.2. The van der Waals surface area contributed by atoms with Crippen molar-refractivity contribution in [1.82, 2.24) is 0 Å². The first-order valence-corrected chi connectivity index (χ1v) is 4.92. The Hall–Kier alpha value is -0.850. The van der Waals surface area contributed by atoms with Gasteiger partial charge in [-0.3, -0.25) is 0 Å². The van der Waals surface area contributed by atoms with Crippen molar-refractivity contribution < 1.29 is 4.39 Å². The summed E-state index contributed by atoms with van der Waals surface area (Å²) in [6.07, 6.45) is 1.50. The van der Waals surface area contributed by atoms with E-state index < -0.39 is 6.17 Å². The number of hydrogen-bond donors (Lipinski definition) is 0. The second-order valence-electron chi connectivity index (χ2n) is 3.53. The Balaban J connectivity index is 2.45. The highest BCUT2D eigenvalue weighted by molar-refractivity contribution is 5.22. The molecule has 0 aliphatic heterocycles. The summed E-state index contributed by atoms with van der Waals surface area (Å²) < 4.78 is 12.9. The fourth-order valence-corrected chi connectivity index (χ4v) is 1.40. The molecule has 0 radical (unpaired) electrons. The van der Waals surface area contributed by atoms with E-state index in [-0.39, 0.29) is 0 Å². The normalized spacial score (nSPS) is 12.8. The van der Waals surface area contributed by atoms with Crippen LogP contribution in [0.3, 0.4) is 0 Å². The van der Waals surface area contributed by atoms with Crippen LogP contribution in [0.4, 0.5) is 4.39 Å². The number of rotatable bonds is 4. The van der Waals surface area contributed by atoms with Gasteiger partial charge in [-0.25, -0.2) is 4.39 Å². The second-order valence-corrected chi connectivity index (χ2v) is 3.53. The first-order valence-electron chi connectivity index (χ1n) is 4.92. The molecule has 1 unspecified atom stereocenters. The van der Waals surface area contributed by atoms with Gasteiger partial charge < -0.3 is 0 Å². The molecule has 1 atom stereocenters. The van der Waals surface area contributed by atoms with Gasteiger partial charge in [-0.15, -0.1) is 0 Å². The van der Waals surface area contributed by atoms with E-state index in [4.69, 9.17) is 0 Å². The molecule has 0 aliphatic rings. The molecule has 1 aromatic rings. The highest BCUT2D eigenvalue weighted by Crippen LogP contribution is 2.11. The van der Waals surface area contributed by atoms with Crippen molar-refractivity contribution in [1.29, 1.82) is 0 Å². The van der Waals surface area contributed by atoms with E-state index in [2.05, 4.69) is 25.1 Å². The minimum atomic E-state index is -0.638. The van der Waals surface area contributed by atoms with Gasteiger partial charge in [-0.1, -0.05) is 36.8 Å². The lowest BCUT2D eigenvalue weighted by Gasteiger charge is -2.05. The molecule has 0 bridgehead atoms. The zero-order chi connectivity index (χ0) is 9.68. The third kappa shape index (κ3) is 3.58. The predicted molar refractivity (Wildman–Crippen MR) is 54.7 cm³/mol. The van der Waals surface area contributed by atoms with Crippen molar-refractivity contribution in [3.05, 3.63) is 35.4 Å². The maximum Gasteiger partial charge on any atom is 0.100 e. The van der Waals surface area contributed by atoms with Crippen LogP contribution in [0.25, 0.3) is 0 Å². The zero-order valence-corrected chi connectivity index (χ0v) is 8.39. The molecule has 72 valence electrons. The molecule has 0 spiro atoms. The van der Waals surface area contributed by atoms with Gasteiger partial charge >= 0.3 is 0 Å². The number of alkyl halides is 1. The summed E-state index contributed by atoms with van der Waals surface area (Å²) in [5, 5.41) is 0. The van der Waals surface area contributed by atoms with Crippen molar-refractivity contribution in [2.45, 2.75) is 39.3 Å². The number of hydrogen-bond acceptors (Lipinski definition) is 0. The van der Waals surface area contributed by atoms with E-state index in [9.17, 15) is 4.39 Å². The smallest absolute Gasteiger partial charge is 0.100 e. The third-order valence-corrected chi connectivity index (χ3v) is 2.27. The van der Waals surface area contributed by atoms with Gasteiger partial charge in [-0.05, 0) is 31.7 Å². The molecule has 0 heterocycles. The topological polar surface area (TPSA) is 0 Å². The molecule has 0 amide bonds. The molecule has 13 heavy (non-hydrogen) atoms. The molecule has 0 nitrogen and oxygen atoms in total. The van der Waals surface area contributed by atoms with Crippen molar-refractivity contribution in [3.63, 3.8) is 0 Å². The lowest BCUT2D eigenvalue weighted by molar-refractivity contribution is 0.306. The van der Waals surface area contributed by atoms with E-state index in [0.717, 1.165) is 6.42 Å². The standard InChI is InChI=1S/C12H17F/c1-3-12(13)8-7-11-6-4-5-10(2)9-11/h4-6,9,12H,3,7-8H2,1-2H3. The minimum absolute atomic E-state index is 0.631. The maximum absolute atomic E-state index is 12.9. The van der Waals surface area contributed by atoms with Crippen LogP contribution < -0.4 is 0 Å². The number of benzene rings is 1. The minimum Gasteiger partial charge on any atom is -0.247 e. The predicted octanol–water partition coefficient (Wildman–Crippen LogP) is 3.68. The Morgan fingerprint density at radius 2 is 2.15 bits per heavy atom. The molecule has 0 N–H and O–H groups in total. The average molecular weight is 180 g/mol. The molecule has 0 saturated carbocycles. The summed E-state index contributed by atoms with van der Waals surface area (Å²) in [5.74, 6) is 0. The van der Waals surface area contributed by atoms with E-state index in [0.29, 0.717) is 12.8 Å². The van der Waals surface area contributed by atoms with E-state index in [1.807, 2.05) is 13.0 Å². The molecule has 1 heteroatoms. The molecular weight excluding hydrogens is 163 g/mol. The molecular formula is C12H17F. The van der Waals surface area contributed by atoms with E-state index in [1.54, 1.807) is 0 Å². The quantitative estimate of drug-likeness (QED) is 0.663. The Bertz CT molecular complexity index is 255. The summed E-state index contributed by atoms with van der Waals surface area (Å²) >= 11 is 0. The Labute approximate surface area is 79.8 Å². The average Bonchev–Trinajstić information content (AvgIpc) is 2.14. The van der Waals surface area contributed by atoms with E-state index >= 15 is 0 Å². The van der Waals surface area contributed by atoms with Crippen LogP contribution >= 0.6 is 0 Å². The first-order chi connectivity index (χ1) is 6.22. The lowest BCUT2D eigenvalue weighted by Crippen LogP contribution is -1.99. The van der Waals surface area contributed by atoms with Crippen LogP contribution in [0.5, 0.6) is 0 Å². The van der Waals surface area contributed by atoms with Gasteiger partial charge in [0.05, 0.1) is 0 Å². The molecule has 0 aromatic heterocycles. The summed E-state index contributed by atoms with van der Waals surface area (Å²) in [4.78, 5) is 0. The summed E-state index contributed by atoms with van der Waals surface area (Å²) in [6.45, 7) is 3.96. The third-order valence-electron chi connectivity index (χ3n) is 2.27. The Kier molecular flexibility index (Phi) is 3.94. The van der Waals surface area contributed by atoms with Crippen LogP contribution in [-0.2, 0) is 6.42 Å². The number of aryl methyl sites for hydroxylation is 2. The van der Waals surface area contributed by atoms with Crippen molar-refractivity contribution in [2.24, 2.45) is 0 Å². The van der Waals surface area contributed by atoms with E-state index in [1.165, 1.54) is 11.1 Å². The van der Waals surface area contributed by atoms with Gasteiger partial charge in [0, 0.05) is 0 Å². The number of halogens is 1. The highest BCUT2D eigenvalue weighted by Gasteiger charge is 2.02. The van der Waals surface area contributed by atoms with Crippen LogP contribution in [0, 0.1) is 6.92 Å². The van der Waals surface area contributed by atoms with Gasteiger partial charge in [0.2, 0.25) is 0 Å². The second kappa shape index (κ2) is 5.00. The van der Waals surface area contributed by atoms with Gasteiger partial charge in [0.15, 0.2) is 0 Å². The maximum atomic E-state index is 12.9.